The summed E-state index contributed by atoms with van der Waals surface area (Å²) in [6.07, 6.45) is 3.19. The van der Waals surface area contributed by atoms with E-state index in [0.717, 1.165) is 19.4 Å². The maximum absolute atomic E-state index is 9.49. The minimum atomic E-state index is -0.458. The minimum Gasteiger partial charge on any atom is -0.368 e. The molecule has 0 saturated carbocycles. The summed E-state index contributed by atoms with van der Waals surface area (Å²) in [6, 6.07) is 12.0. The first-order chi connectivity index (χ1) is 9.95. The van der Waals surface area contributed by atoms with Crippen molar-refractivity contribution in [3.05, 3.63) is 29.8 Å². The Labute approximate surface area is 129 Å². The average Bonchev–Trinajstić information content (AvgIpc) is 2.45. The van der Waals surface area contributed by atoms with Crippen molar-refractivity contribution in [3.8, 4) is 6.07 Å². The summed E-state index contributed by atoms with van der Waals surface area (Å²) in [4.78, 5) is 2.47. The first kappa shape index (κ1) is 15.9. The fourth-order valence-electron chi connectivity index (χ4n) is 3.24. The predicted octanol–water partition coefficient (Wildman–Crippen LogP) is 3.50. The van der Waals surface area contributed by atoms with Gasteiger partial charge in [0.05, 0.1) is 6.07 Å². The molecule has 2 unspecified atom stereocenters. The first-order valence-corrected chi connectivity index (χ1v) is 7.99. The lowest BCUT2D eigenvalue weighted by atomic mass is 9.93. The predicted molar refractivity (Wildman–Crippen MR) is 88.5 cm³/mol. The Balaban J connectivity index is 2.11. The second-order valence-electron chi connectivity index (χ2n) is 6.70. The molecule has 1 heterocycles. The summed E-state index contributed by atoms with van der Waals surface area (Å²) < 4.78 is 0. The number of rotatable bonds is 5. The first-order valence-electron chi connectivity index (χ1n) is 7.99. The van der Waals surface area contributed by atoms with Crippen LogP contribution in [0.25, 0.3) is 0 Å². The van der Waals surface area contributed by atoms with E-state index in [9.17, 15) is 5.26 Å². The van der Waals surface area contributed by atoms with Crippen LogP contribution in [0, 0.1) is 11.3 Å². The molecule has 0 saturated heterocycles. The topological polar surface area (TPSA) is 39.1 Å². The minimum absolute atomic E-state index is 0.320. The molecule has 0 bridgehead atoms. The van der Waals surface area contributed by atoms with Crippen LogP contribution in [0.2, 0.25) is 0 Å². The van der Waals surface area contributed by atoms with Gasteiger partial charge < -0.3 is 4.90 Å². The normalized spacial score (nSPS) is 20.8. The van der Waals surface area contributed by atoms with Crippen LogP contribution in [0.1, 0.15) is 46.1 Å². The highest BCUT2D eigenvalue weighted by Crippen LogP contribution is 2.31. The summed E-state index contributed by atoms with van der Waals surface area (Å²) in [6.45, 7) is 9.40. The Bertz CT molecular complexity index is 517. The summed E-state index contributed by atoms with van der Waals surface area (Å²) >= 11 is 0. The Morgan fingerprint density at radius 3 is 2.81 bits per heavy atom. The van der Waals surface area contributed by atoms with E-state index in [1.54, 1.807) is 0 Å². The van der Waals surface area contributed by atoms with Crippen molar-refractivity contribution in [1.82, 2.24) is 5.32 Å². The SMILES string of the molecule is CC(C)NC(C)(C#N)CCN1c2ccccc2CCC1C. The van der Waals surface area contributed by atoms with Crippen LogP contribution in [0.5, 0.6) is 0 Å². The number of hydrogen-bond acceptors (Lipinski definition) is 3. The van der Waals surface area contributed by atoms with E-state index in [0.29, 0.717) is 12.1 Å². The van der Waals surface area contributed by atoms with Gasteiger partial charge in [-0.2, -0.15) is 5.26 Å². The molecule has 0 fully saturated rings. The second-order valence-corrected chi connectivity index (χ2v) is 6.70. The van der Waals surface area contributed by atoms with Crippen molar-refractivity contribution >= 4 is 5.69 Å². The molecule has 0 amide bonds. The smallest absolute Gasteiger partial charge is 0.105 e. The van der Waals surface area contributed by atoms with E-state index in [2.05, 4.69) is 61.3 Å². The summed E-state index contributed by atoms with van der Waals surface area (Å²) in [7, 11) is 0. The molecular formula is C18H27N3. The molecule has 1 N–H and O–H groups in total. The zero-order chi connectivity index (χ0) is 15.5. The fourth-order valence-corrected chi connectivity index (χ4v) is 3.24. The van der Waals surface area contributed by atoms with Gasteiger partial charge in [-0.05, 0) is 58.6 Å². The monoisotopic (exact) mass is 285 g/mol. The van der Waals surface area contributed by atoms with Crippen molar-refractivity contribution in [3.63, 3.8) is 0 Å². The number of hydrogen-bond donors (Lipinski definition) is 1. The molecular weight excluding hydrogens is 258 g/mol. The van der Waals surface area contributed by atoms with E-state index in [1.807, 2.05) is 6.92 Å². The Morgan fingerprint density at radius 2 is 2.14 bits per heavy atom. The second kappa shape index (κ2) is 6.49. The van der Waals surface area contributed by atoms with Crippen LogP contribution >= 0.6 is 0 Å². The lowest BCUT2D eigenvalue weighted by Crippen LogP contribution is -2.48. The Morgan fingerprint density at radius 1 is 1.43 bits per heavy atom. The number of nitriles is 1. The van der Waals surface area contributed by atoms with E-state index in [1.165, 1.54) is 17.7 Å². The largest absolute Gasteiger partial charge is 0.368 e. The van der Waals surface area contributed by atoms with E-state index in [4.69, 9.17) is 0 Å². The molecule has 0 radical (unpaired) electrons. The van der Waals surface area contributed by atoms with Crippen molar-refractivity contribution in [2.75, 3.05) is 11.4 Å². The molecule has 1 aliphatic rings. The number of fused-ring (bicyclic) bond motifs is 1. The number of para-hydroxylation sites is 1. The van der Waals surface area contributed by atoms with Crippen LogP contribution in [-0.4, -0.2) is 24.2 Å². The molecule has 2 rings (SSSR count). The molecule has 0 aromatic heterocycles. The maximum atomic E-state index is 9.49. The van der Waals surface area contributed by atoms with Gasteiger partial charge in [0.25, 0.3) is 0 Å². The van der Waals surface area contributed by atoms with E-state index in [-0.39, 0.29) is 0 Å². The van der Waals surface area contributed by atoms with Gasteiger partial charge >= 0.3 is 0 Å². The summed E-state index contributed by atoms with van der Waals surface area (Å²) in [5.74, 6) is 0. The van der Waals surface area contributed by atoms with Crippen LogP contribution in [0.15, 0.2) is 24.3 Å². The van der Waals surface area contributed by atoms with Crippen LogP contribution < -0.4 is 10.2 Å². The molecule has 0 spiro atoms. The quantitative estimate of drug-likeness (QED) is 0.900. The zero-order valence-electron chi connectivity index (χ0n) is 13.7. The Hall–Kier alpha value is -1.53. The third-order valence-electron chi connectivity index (χ3n) is 4.37. The molecule has 1 aliphatic heterocycles. The molecule has 1 aromatic rings. The molecule has 2 atom stereocenters. The van der Waals surface area contributed by atoms with E-state index >= 15 is 0 Å². The lowest BCUT2D eigenvalue weighted by Gasteiger charge is -2.39. The Kier molecular flexibility index (Phi) is 4.90. The van der Waals surface area contributed by atoms with Gasteiger partial charge in [-0.3, -0.25) is 5.32 Å². The molecule has 0 aliphatic carbocycles. The molecule has 114 valence electrons. The van der Waals surface area contributed by atoms with E-state index < -0.39 is 5.54 Å². The molecule has 21 heavy (non-hydrogen) atoms. The fraction of sp³-hybridized carbons (Fsp3) is 0.611. The van der Waals surface area contributed by atoms with Crippen molar-refractivity contribution in [2.45, 2.75) is 64.6 Å². The standard InChI is InChI=1S/C18H27N3/c1-14(2)20-18(4,13-19)11-12-21-15(3)9-10-16-7-5-6-8-17(16)21/h5-8,14-15,20H,9-12H2,1-4H3. The third-order valence-corrected chi connectivity index (χ3v) is 4.37. The molecule has 3 nitrogen and oxygen atoms in total. The number of nitrogens with zero attached hydrogens (tertiary/aromatic N) is 2. The van der Waals surface area contributed by atoms with Crippen LogP contribution in [0.4, 0.5) is 5.69 Å². The summed E-state index contributed by atoms with van der Waals surface area (Å²) in [5, 5.41) is 12.9. The van der Waals surface area contributed by atoms with Gasteiger partial charge in [-0.1, -0.05) is 18.2 Å². The zero-order valence-corrected chi connectivity index (χ0v) is 13.7. The third kappa shape index (κ3) is 3.77. The lowest BCUT2D eigenvalue weighted by molar-refractivity contribution is 0.376. The number of aryl methyl sites for hydroxylation is 1. The van der Waals surface area contributed by atoms with Gasteiger partial charge in [-0.15, -0.1) is 0 Å². The van der Waals surface area contributed by atoms with Crippen LogP contribution in [0.3, 0.4) is 0 Å². The van der Waals surface area contributed by atoms with Gasteiger partial charge in [0.1, 0.15) is 5.54 Å². The van der Waals surface area contributed by atoms with Gasteiger partial charge in [0.2, 0.25) is 0 Å². The number of anilines is 1. The molecule has 3 heteroatoms. The highest BCUT2D eigenvalue weighted by Gasteiger charge is 2.28. The van der Waals surface area contributed by atoms with Crippen molar-refractivity contribution < 1.29 is 0 Å². The average molecular weight is 285 g/mol. The van der Waals surface area contributed by atoms with Gasteiger partial charge in [0, 0.05) is 24.3 Å². The van der Waals surface area contributed by atoms with Crippen molar-refractivity contribution in [1.29, 1.82) is 5.26 Å². The highest BCUT2D eigenvalue weighted by molar-refractivity contribution is 5.56. The van der Waals surface area contributed by atoms with Gasteiger partial charge in [0.15, 0.2) is 0 Å². The number of benzene rings is 1. The number of nitrogens with one attached hydrogen (secondary N) is 1. The molecule has 1 aromatic carbocycles. The summed E-state index contributed by atoms with van der Waals surface area (Å²) in [5.41, 5.74) is 2.33. The maximum Gasteiger partial charge on any atom is 0.105 e. The van der Waals surface area contributed by atoms with Crippen molar-refractivity contribution in [2.24, 2.45) is 0 Å². The highest BCUT2D eigenvalue weighted by atomic mass is 15.2. The van der Waals surface area contributed by atoms with Crippen LogP contribution in [-0.2, 0) is 6.42 Å². The van der Waals surface area contributed by atoms with Gasteiger partial charge in [-0.25, -0.2) is 0 Å².